The first kappa shape index (κ1) is 24.6. The monoisotopic (exact) mass is 510 g/mol. The first-order valence-corrected chi connectivity index (χ1v) is 13.2. The molecular weight excluding hydrogens is 480 g/mol. The Morgan fingerprint density at radius 1 is 1.00 bits per heavy atom. The van der Waals surface area contributed by atoms with Crippen molar-refractivity contribution in [1.29, 1.82) is 0 Å². The normalized spacial score (nSPS) is 12.0. The zero-order valence-corrected chi connectivity index (χ0v) is 21.9. The average molecular weight is 511 g/mol. The molecule has 1 atom stereocenters. The van der Waals surface area contributed by atoms with Crippen LogP contribution < -0.4 is 10.6 Å². The SMILES string of the molecule is Cc1cc(C)c(NC(Cc2ccc(-c3cc(CNc4nc5ccccc5[nH]4)cs3)cc2)C(=O)O)c(C)c1. The minimum atomic E-state index is -0.858. The number of hydrogen-bond acceptors (Lipinski definition) is 5. The van der Waals surface area contributed by atoms with Crippen LogP contribution in [0.3, 0.4) is 0 Å². The van der Waals surface area contributed by atoms with Crippen molar-refractivity contribution in [1.82, 2.24) is 9.97 Å². The second-order valence-corrected chi connectivity index (χ2v) is 10.4. The van der Waals surface area contributed by atoms with Gasteiger partial charge in [-0.15, -0.1) is 11.3 Å². The van der Waals surface area contributed by atoms with Crippen LogP contribution in [-0.4, -0.2) is 27.1 Å². The molecule has 4 N–H and O–H groups in total. The van der Waals surface area contributed by atoms with Crippen molar-refractivity contribution in [3.8, 4) is 10.4 Å². The lowest BCUT2D eigenvalue weighted by molar-refractivity contribution is -0.137. The highest BCUT2D eigenvalue weighted by atomic mass is 32.1. The van der Waals surface area contributed by atoms with E-state index in [0.717, 1.165) is 44.9 Å². The van der Waals surface area contributed by atoms with Crippen LogP contribution in [0.4, 0.5) is 11.6 Å². The van der Waals surface area contributed by atoms with Crippen LogP contribution in [0.2, 0.25) is 0 Å². The maximum atomic E-state index is 12.0. The van der Waals surface area contributed by atoms with Gasteiger partial charge in [0.2, 0.25) is 5.95 Å². The molecule has 0 fully saturated rings. The summed E-state index contributed by atoms with van der Waals surface area (Å²) < 4.78 is 0. The molecule has 37 heavy (non-hydrogen) atoms. The molecule has 0 bridgehead atoms. The summed E-state index contributed by atoms with van der Waals surface area (Å²) in [5, 5.41) is 18.6. The summed E-state index contributed by atoms with van der Waals surface area (Å²) in [7, 11) is 0. The number of para-hydroxylation sites is 2. The molecular formula is C30H30N4O2S. The number of carbonyl (C=O) groups is 1. The number of imidazole rings is 1. The molecule has 2 aromatic heterocycles. The molecule has 5 rings (SSSR count). The summed E-state index contributed by atoms with van der Waals surface area (Å²) in [5.74, 6) is -0.0979. The summed E-state index contributed by atoms with van der Waals surface area (Å²) >= 11 is 1.70. The molecule has 0 saturated carbocycles. The maximum Gasteiger partial charge on any atom is 0.326 e. The summed E-state index contributed by atoms with van der Waals surface area (Å²) in [4.78, 5) is 21.1. The van der Waals surface area contributed by atoms with Crippen LogP contribution in [-0.2, 0) is 17.8 Å². The Morgan fingerprint density at radius 3 is 2.43 bits per heavy atom. The number of aliphatic carboxylic acids is 1. The predicted octanol–water partition coefficient (Wildman–Crippen LogP) is 6.94. The van der Waals surface area contributed by atoms with Crippen molar-refractivity contribution in [3.05, 3.63) is 99.9 Å². The minimum absolute atomic E-state index is 0.402. The van der Waals surface area contributed by atoms with Gasteiger partial charge in [0, 0.05) is 23.5 Å². The molecule has 6 nitrogen and oxygen atoms in total. The Bertz CT molecular complexity index is 1500. The van der Waals surface area contributed by atoms with Gasteiger partial charge in [0.1, 0.15) is 6.04 Å². The predicted molar refractivity (Wildman–Crippen MR) is 153 cm³/mol. The Balaban J connectivity index is 1.23. The van der Waals surface area contributed by atoms with Crippen LogP contribution in [0.5, 0.6) is 0 Å². The molecule has 1 unspecified atom stereocenters. The van der Waals surface area contributed by atoms with Crippen molar-refractivity contribution in [2.75, 3.05) is 10.6 Å². The van der Waals surface area contributed by atoms with E-state index in [1.54, 1.807) is 11.3 Å². The number of carboxylic acid groups (broad SMARTS) is 1. The molecule has 0 saturated heterocycles. The van der Waals surface area contributed by atoms with E-state index >= 15 is 0 Å². The molecule has 0 amide bonds. The van der Waals surface area contributed by atoms with Crippen molar-refractivity contribution < 1.29 is 9.90 Å². The molecule has 188 valence electrons. The van der Waals surface area contributed by atoms with Crippen LogP contribution in [0.15, 0.2) is 72.1 Å². The number of carboxylic acids is 1. The Kier molecular flexibility index (Phi) is 6.97. The third kappa shape index (κ3) is 5.67. The number of thiophene rings is 1. The lowest BCUT2D eigenvalue weighted by Crippen LogP contribution is -2.32. The average Bonchev–Trinajstić information content (AvgIpc) is 3.51. The lowest BCUT2D eigenvalue weighted by atomic mass is 10.0. The summed E-state index contributed by atoms with van der Waals surface area (Å²) in [5.41, 5.74) is 9.43. The smallest absolute Gasteiger partial charge is 0.326 e. The number of rotatable bonds is 9. The van der Waals surface area contributed by atoms with Crippen LogP contribution in [0, 0.1) is 20.8 Å². The number of anilines is 2. The molecule has 3 aromatic carbocycles. The maximum absolute atomic E-state index is 12.0. The van der Waals surface area contributed by atoms with E-state index in [9.17, 15) is 9.90 Å². The largest absolute Gasteiger partial charge is 0.480 e. The van der Waals surface area contributed by atoms with Gasteiger partial charge in [-0.3, -0.25) is 0 Å². The molecule has 0 radical (unpaired) electrons. The number of aromatic nitrogens is 2. The quantitative estimate of drug-likeness (QED) is 0.173. The number of fused-ring (bicyclic) bond motifs is 1. The number of nitrogens with zero attached hydrogens (tertiary/aromatic N) is 1. The van der Waals surface area contributed by atoms with E-state index in [0.29, 0.717) is 13.0 Å². The molecule has 0 aliphatic rings. The lowest BCUT2D eigenvalue weighted by Gasteiger charge is -2.20. The van der Waals surface area contributed by atoms with Gasteiger partial charge in [0.15, 0.2) is 0 Å². The number of hydrogen-bond donors (Lipinski definition) is 4. The van der Waals surface area contributed by atoms with Crippen LogP contribution in [0.25, 0.3) is 21.5 Å². The van der Waals surface area contributed by atoms with Gasteiger partial charge in [-0.1, -0.05) is 54.1 Å². The minimum Gasteiger partial charge on any atom is -0.480 e. The first-order chi connectivity index (χ1) is 17.9. The van der Waals surface area contributed by atoms with Crippen molar-refractivity contribution in [2.24, 2.45) is 0 Å². The fourth-order valence-electron chi connectivity index (χ4n) is 4.66. The van der Waals surface area contributed by atoms with Crippen molar-refractivity contribution >= 4 is 40.0 Å². The summed E-state index contributed by atoms with van der Waals surface area (Å²) in [6.45, 7) is 6.75. The Hall–Kier alpha value is -4.10. The molecule has 0 aliphatic heterocycles. The van der Waals surface area contributed by atoms with E-state index in [2.05, 4.69) is 56.3 Å². The Morgan fingerprint density at radius 2 is 1.73 bits per heavy atom. The van der Waals surface area contributed by atoms with Crippen LogP contribution in [0.1, 0.15) is 27.8 Å². The number of nitrogens with one attached hydrogen (secondary N) is 3. The second kappa shape index (κ2) is 10.5. The van der Waals surface area contributed by atoms with Gasteiger partial charge in [0.25, 0.3) is 0 Å². The second-order valence-electron chi connectivity index (χ2n) is 9.49. The highest BCUT2D eigenvalue weighted by molar-refractivity contribution is 7.13. The summed E-state index contributed by atoms with van der Waals surface area (Å²) in [6.07, 6.45) is 0.402. The van der Waals surface area contributed by atoms with Gasteiger partial charge < -0.3 is 20.7 Å². The number of aromatic amines is 1. The topological polar surface area (TPSA) is 90.0 Å². The molecule has 0 spiro atoms. The first-order valence-electron chi connectivity index (χ1n) is 12.3. The fourth-order valence-corrected chi connectivity index (χ4v) is 5.59. The van der Waals surface area contributed by atoms with Gasteiger partial charge >= 0.3 is 5.97 Å². The Labute approximate surface area is 220 Å². The highest BCUT2D eigenvalue weighted by Gasteiger charge is 2.20. The van der Waals surface area contributed by atoms with E-state index in [-0.39, 0.29) is 0 Å². The zero-order valence-electron chi connectivity index (χ0n) is 21.1. The fraction of sp³-hybridized carbons (Fsp3) is 0.200. The standard InChI is InChI=1S/C30H30N4O2S/c1-18-12-19(2)28(20(3)13-18)32-26(29(35)36)14-21-8-10-23(11-9-21)27-15-22(17-37-27)16-31-30-33-24-6-4-5-7-25(24)34-30/h4-13,15,17,26,32H,14,16H2,1-3H3,(H,35,36)(H2,31,33,34). The number of benzene rings is 3. The molecule has 0 aliphatic carbocycles. The van der Waals surface area contributed by atoms with Gasteiger partial charge in [-0.2, -0.15) is 0 Å². The molecule has 5 aromatic rings. The van der Waals surface area contributed by atoms with Gasteiger partial charge in [-0.05, 0) is 72.2 Å². The van der Waals surface area contributed by atoms with Crippen molar-refractivity contribution in [3.63, 3.8) is 0 Å². The van der Waals surface area contributed by atoms with E-state index in [1.807, 2.05) is 57.2 Å². The number of aryl methyl sites for hydroxylation is 3. The third-order valence-corrected chi connectivity index (χ3v) is 7.50. The van der Waals surface area contributed by atoms with E-state index in [4.69, 9.17) is 0 Å². The van der Waals surface area contributed by atoms with E-state index in [1.165, 1.54) is 16.0 Å². The van der Waals surface area contributed by atoms with Gasteiger partial charge in [-0.25, -0.2) is 9.78 Å². The number of H-pyrrole nitrogens is 1. The molecule has 7 heteroatoms. The zero-order chi connectivity index (χ0) is 25.9. The van der Waals surface area contributed by atoms with Crippen LogP contribution >= 0.6 is 11.3 Å². The third-order valence-electron chi connectivity index (χ3n) is 6.48. The summed E-state index contributed by atoms with van der Waals surface area (Å²) in [6, 6.07) is 21.8. The van der Waals surface area contributed by atoms with Gasteiger partial charge in [0.05, 0.1) is 11.0 Å². The van der Waals surface area contributed by atoms with Crippen molar-refractivity contribution in [2.45, 2.75) is 39.8 Å². The molecule has 2 heterocycles. The highest BCUT2D eigenvalue weighted by Crippen LogP contribution is 2.29. The van der Waals surface area contributed by atoms with E-state index < -0.39 is 12.0 Å².